The molecular weight excluding hydrogens is 238 g/mol. The average molecular weight is 251 g/mol. The zero-order valence-electron chi connectivity index (χ0n) is 9.26. The lowest BCUT2D eigenvalue weighted by Gasteiger charge is -2.26. The lowest BCUT2D eigenvalue weighted by atomic mass is 10.3. The molecule has 0 aliphatic carbocycles. The molecule has 0 bridgehead atoms. The normalized spacial score (nSPS) is 15.5. The Morgan fingerprint density at radius 1 is 1.47 bits per heavy atom. The number of piperazine rings is 1. The van der Waals surface area contributed by atoms with Crippen LogP contribution >= 0.6 is 11.8 Å². The molecule has 0 aromatic carbocycles. The van der Waals surface area contributed by atoms with E-state index in [0.29, 0.717) is 18.8 Å². The van der Waals surface area contributed by atoms with Crippen LogP contribution in [0.3, 0.4) is 0 Å². The molecule has 1 aliphatic rings. The van der Waals surface area contributed by atoms with Crippen molar-refractivity contribution < 1.29 is 9.59 Å². The zero-order chi connectivity index (χ0) is 12.1. The first kappa shape index (κ1) is 11.9. The third kappa shape index (κ3) is 3.45. The van der Waals surface area contributed by atoms with Crippen LogP contribution in [-0.2, 0) is 9.59 Å². The Balaban J connectivity index is 1.83. The Kier molecular flexibility index (Phi) is 3.98. The number of hydrogen-bond donors (Lipinski definition) is 1. The third-order valence-corrected chi connectivity index (χ3v) is 3.40. The summed E-state index contributed by atoms with van der Waals surface area (Å²) in [7, 11) is 0. The molecule has 1 fully saturated rings. The van der Waals surface area contributed by atoms with Crippen molar-refractivity contribution in [2.45, 2.75) is 4.90 Å². The summed E-state index contributed by atoms with van der Waals surface area (Å²) in [4.78, 5) is 29.5. The highest BCUT2D eigenvalue weighted by molar-refractivity contribution is 8.00. The molecule has 1 saturated heterocycles. The molecule has 0 saturated carbocycles. The van der Waals surface area contributed by atoms with Crippen LogP contribution in [-0.4, -0.2) is 47.1 Å². The molecular formula is C11H13N3O2S. The number of carbonyl (C=O) groups excluding carboxylic acids is 2. The molecule has 2 amide bonds. The van der Waals surface area contributed by atoms with Gasteiger partial charge in [-0.25, -0.2) is 0 Å². The van der Waals surface area contributed by atoms with Crippen LogP contribution in [0, 0.1) is 0 Å². The maximum Gasteiger partial charge on any atom is 0.239 e. The van der Waals surface area contributed by atoms with Gasteiger partial charge in [0.05, 0.1) is 12.3 Å². The molecule has 17 heavy (non-hydrogen) atoms. The Morgan fingerprint density at radius 2 is 2.24 bits per heavy atom. The molecule has 90 valence electrons. The van der Waals surface area contributed by atoms with Crippen LogP contribution in [0.25, 0.3) is 0 Å². The minimum absolute atomic E-state index is 0.00154. The summed E-state index contributed by atoms with van der Waals surface area (Å²) in [6.45, 7) is 1.32. The Hall–Kier alpha value is -1.56. The van der Waals surface area contributed by atoms with E-state index in [2.05, 4.69) is 10.3 Å². The van der Waals surface area contributed by atoms with Gasteiger partial charge in [0, 0.05) is 30.4 Å². The molecule has 1 aromatic rings. The largest absolute Gasteiger partial charge is 0.353 e. The number of rotatable bonds is 3. The SMILES string of the molecule is O=C1CN(C(=O)CSc2ccncc2)CCN1. The van der Waals surface area contributed by atoms with Gasteiger partial charge in [0.1, 0.15) is 0 Å². The maximum absolute atomic E-state index is 11.8. The number of nitrogens with one attached hydrogen (secondary N) is 1. The minimum Gasteiger partial charge on any atom is -0.353 e. The van der Waals surface area contributed by atoms with Gasteiger partial charge in [-0.2, -0.15) is 0 Å². The van der Waals surface area contributed by atoms with Crippen molar-refractivity contribution in [3.05, 3.63) is 24.5 Å². The van der Waals surface area contributed by atoms with Crippen molar-refractivity contribution in [3.63, 3.8) is 0 Å². The van der Waals surface area contributed by atoms with Crippen molar-refractivity contribution in [2.24, 2.45) is 0 Å². The van der Waals surface area contributed by atoms with Gasteiger partial charge in [-0.1, -0.05) is 0 Å². The van der Waals surface area contributed by atoms with Crippen LogP contribution in [0.1, 0.15) is 0 Å². The van der Waals surface area contributed by atoms with E-state index in [1.165, 1.54) is 11.8 Å². The van der Waals surface area contributed by atoms with E-state index in [1.807, 2.05) is 12.1 Å². The summed E-state index contributed by atoms with van der Waals surface area (Å²) in [5.74, 6) is 0.275. The summed E-state index contributed by atoms with van der Waals surface area (Å²) in [5, 5.41) is 2.69. The average Bonchev–Trinajstić information content (AvgIpc) is 2.37. The number of carbonyl (C=O) groups is 2. The van der Waals surface area contributed by atoms with Crippen LogP contribution in [0.5, 0.6) is 0 Å². The van der Waals surface area contributed by atoms with E-state index >= 15 is 0 Å². The Morgan fingerprint density at radius 3 is 2.94 bits per heavy atom. The molecule has 1 aromatic heterocycles. The second-order valence-electron chi connectivity index (χ2n) is 3.64. The quantitative estimate of drug-likeness (QED) is 0.776. The molecule has 0 atom stereocenters. The molecule has 1 aliphatic heterocycles. The van der Waals surface area contributed by atoms with E-state index in [0.717, 1.165) is 4.90 Å². The topological polar surface area (TPSA) is 62.3 Å². The molecule has 0 radical (unpaired) electrons. The zero-order valence-corrected chi connectivity index (χ0v) is 10.1. The lowest BCUT2D eigenvalue weighted by molar-refractivity contribution is -0.136. The van der Waals surface area contributed by atoms with Gasteiger partial charge in [0.2, 0.25) is 11.8 Å². The van der Waals surface area contributed by atoms with Gasteiger partial charge in [0.15, 0.2) is 0 Å². The fourth-order valence-electron chi connectivity index (χ4n) is 1.52. The van der Waals surface area contributed by atoms with E-state index in [-0.39, 0.29) is 18.4 Å². The number of hydrogen-bond acceptors (Lipinski definition) is 4. The molecule has 6 heteroatoms. The summed E-state index contributed by atoms with van der Waals surface area (Å²) >= 11 is 1.46. The number of pyridine rings is 1. The molecule has 2 rings (SSSR count). The summed E-state index contributed by atoms with van der Waals surface area (Å²) < 4.78 is 0. The fraction of sp³-hybridized carbons (Fsp3) is 0.364. The van der Waals surface area contributed by atoms with Crippen molar-refractivity contribution in [3.8, 4) is 0 Å². The predicted molar refractivity (Wildman–Crippen MR) is 64.6 cm³/mol. The Bertz CT molecular complexity index is 410. The Labute approximate surface area is 104 Å². The molecule has 2 heterocycles. The van der Waals surface area contributed by atoms with E-state index in [4.69, 9.17) is 0 Å². The standard InChI is InChI=1S/C11H13N3O2S/c15-10-7-14(6-5-13-10)11(16)8-17-9-1-3-12-4-2-9/h1-4H,5-8H2,(H,13,15). The monoisotopic (exact) mass is 251 g/mol. The molecule has 5 nitrogen and oxygen atoms in total. The first-order valence-corrected chi connectivity index (χ1v) is 6.31. The highest BCUT2D eigenvalue weighted by atomic mass is 32.2. The second kappa shape index (κ2) is 5.67. The summed E-state index contributed by atoms with van der Waals surface area (Å²) in [6.07, 6.45) is 3.39. The molecule has 1 N–H and O–H groups in total. The molecule has 0 unspecified atom stereocenters. The lowest BCUT2D eigenvalue weighted by Crippen LogP contribution is -2.50. The van der Waals surface area contributed by atoms with Crippen molar-refractivity contribution >= 4 is 23.6 Å². The fourth-order valence-corrected chi connectivity index (χ4v) is 2.31. The smallest absolute Gasteiger partial charge is 0.239 e. The summed E-state index contributed by atoms with van der Waals surface area (Å²) in [6, 6.07) is 3.72. The first-order valence-electron chi connectivity index (χ1n) is 5.33. The van der Waals surface area contributed by atoms with Crippen LogP contribution in [0.4, 0.5) is 0 Å². The van der Waals surface area contributed by atoms with Gasteiger partial charge in [-0.3, -0.25) is 14.6 Å². The van der Waals surface area contributed by atoms with Gasteiger partial charge in [0.25, 0.3) is 0 Å². The van der Waals surface area contributed by atoms with Crippen LogP contribution < -0.4 is 5.32 Å². The third-order valence-electron chi connectivity index (χ3n) is 2.40. The predicted octanol–water partition coefficient (Wildman–Crippen LogP) is 0.132. The summed E-state index contributed by atoms with van der Waals surface area (Å²) in [5.41, 5.74) is 0. The van der Waals surface area contributed by atoms with E-state index in [1.54, 1.807) is 17.3 Å². The van der Waals surface area contributed by atoms with E-state index in [9.17, 15) is 9.59 Å². The highest BCUT2D eigenvalue weighted by Gasteiger charge is 2.20. The number of thioether (sulfide) groups is 1. The first-order chi connectivity index (χ1) is 8.25. The van der Waals surface area contributed by atoms with E-state index < -0.39 is 0 Å². The van der Waals surface area contributed by atoms with Crippen molar-refractivity contribution in [1.82, 2.24) is 15.2 Å². The van der Waals surface area contributed by atoms with Crippen molar-refractivity contribution in [2.75, 3.05) is 25.4 Å². The van der Waals surface area contributed by atoms with Gasteiger partial charge in [-0.05, 0) is 12.1 Å². The second-order valence-corrected chi connectivity index (χ2v) is 4.69. The van der Waals surface area contributed by atoms with Gasteiger partial charge in [-0.15, -0.1) is 11.8 Å². The van der Waals surface area contributed by atoms with Crippen LogP contribution in [0.15, 0.2) is 29.4 Å². The van der Waals surface area contributed by atoms with Gasteiger partial charge >= 0.3 is 0 Å². The van der Waals surface area contributed by atoms with Crippen LogP contribution in [0.2, 0.25) is 0 Å². The number of aromatic nitrogens is 1. The van der Waals surface area contributed by atoms with Gasteiger partial charge < -0.3 is 10.2 Å². The minimum atomic E-state index is -0.0847. The highest BCUT2D eigenvalue weighted by Crippen LogP contribution is 2.16. The number of nitrogens with zero attached hydrogens (tertiary/aromatic N) is 2. The van der Waals surface area contributed by atoms with Crippen molar-refractivity contribution in [1.29, 1.82) is 0 Å². The maximum atomic E-state index is 11.8. The molecule has 0 spiro atoms. The number of amides is 2.